The molecule has 0 saturated heterocycles. The molecule has 8 rings (SSSR count). The smallest absolute Gasteiger partial charge is 0.407 e. The number of carbonyl (C=O) groups excluding carboxylic acids is 2. The molecule has 71 heavy (non-hydrogen) atoms. The molecule has 0 aliphatic carbocycles. The molecule has 6 heterocycles. The van der Waals surface area contributed by atoms with Crippen molar-refractivity contribution < 1.29 is 33.8 Å². The molecule has 11 nitrogen and oxygen atoms in total. The predicted octanol–water partition coefficient (Wildman–Crippen LogP) is 11.6. The SMILES string of the molecule is CC(C)(C)OC(=O)N[C@H](CS[C@H](Cc1ccccc1)C(=O)NCCCc1cccnc1)Cc1ccccc1.Cc1cccc(-c2cccc(C)n2)n1.[Ru].c1ccc(-c2cccc(-c3ccccn3)n2)nc1. The van der Waals surface area contributed by atoms with Crippen molar-refractivity contribution >= 4 is 23.8 Å². The first-order chi connectivity index (χ1) is 34.0. The van der Waals surface area contributed by atoms with Crippen LogP contribution < -0.4 is 10.6 Å². The standard InChI is InChI=1S/C31H39N3O3S.C15H11N3.C12H12N2.Ru/c1-31(2,3)37-30(36)34-27(20-24-12-6-4-7-13-24)23-38-28(21-25-14-8-5-9-15-25)29(35)33-19-11-17-26-16-10-18-32-22-26;1-3-10-16-12(6-1)14-8-5-9-15(18-14)13-7-2-4-11-17-13;1-9-5-3-7-11(13-9)12-8-4-6-10(2)14-12;/h4-10,12-16,18,22,27-28H,11,17,19-21,23H2,1-3H3,(H,33,35)(H,34,36);1-11H;3-8H,1-2H3;/t27-,28+;;;/m0.../s1. The Labute approximate surface area is 436 Å². The molecule has 0 spiro atoms. The number of carbonyl (C=O) groups is 2. The second-order valence-electron chi connectivity index (χ2n) is 17.5. The number of pyridine rings is 6. The van der Waals surface area contributed by atoms with E-state index in [0.717, 1.165) is 75.1 Å². The fourth-order valence-corrected chi connectivity index (χ4v) is 8.31. The molecule has 13 heteroatoms. The van der Waals surface area contributed by atoms with Gasteiger partial charge >= 0.3 is 6.09 Å². The fourth-order valence-electron chi connectivity index (χ4n) is 7.10. The number of nitrogens with zero attached hydrogens (tertiary/aromatic N) is 6. The number of hydrogen-bond acceptors (Lipinski definition) is 10. The van der Waals surface area contributed by atoms with Gasteiger partial charge in [0, 0.05) is 74.0 Å². The summed E-state index contributed by atoms with van der Waals surface area (Å²) in [6, 6.07) is 53.3. The third kappa shape index (κ3) is 20.1. The zero-order valence-corrected chi connectivity index (χ0v) is 43.5. The molecule has 366 valence electrons. The second kappa shape index (κ2) is 29.3. The first-order valence-corrected chi connectivity index (χ1v) is 24.6. The molecule has 0 aliphatic rings. The van der Waals surface area contributed by atoms with Gasteiger partial charge in [-0.3, -0.25) is 29.7 Å². The van der Waals surface area contributed by atoms with E-state index in [1.807, 2.05) is 205 Å². The Morgan fingerprint density at radius 1 is 0.563 bits per heavy atom. The van der Waals surface area contributed by atoms with Gasteiger partial charge in [0.15, 0.2) is 0 Å². The molecule has 0 unspecified atom stereocenters. The van der Waals surface area contributed by atoms with E-state index >= 15 is 0 Å². The van der Waals surface area contributed by atoms with Gasteiger partial charge in [-0.25, -0.2) is 9.78 Å². The average Bonchev–Trinajstić information content (AvgIpc) is 3.38. The van der Waals surface area contributed by atoms with Crippen LogP contribution in [-0.2, 0) is 48.3 Å². The summed E-state index contributed by atoms with van der Waals surface area (Å²) in [4.78, 5) is 52.1. The van der Waals surface area contributed by atoms with Crippen molar-refractivity contribution in [3.8, 4) is 34.2 Å². The number of nitrogens with one attached hydrogen (secondary N) is 2. The summed E-state index contributed by atoms with van der Waals surface area (Å²) in [6.45, 7) is 10.1. The summed E-state index contributed by atoms with van der Waals surface area (Å²) >= 11 is 1.57. The Kier molecular flexibility index (Phi) is 22.7. The van der Waals surface area contributed by atoms with Crippen molar-refractivity contribution in [2.45, 2.75) is 77.2 Å². The van der Waals surface area contributed by atoms with Gasteiger partial charge < -0.3 is 15.4 Å². The van der Waals surface area contributed by atoms with Crippen LogP contribution in [0.3, 0.4) is 0 Å². The quantitative estimate of drug-likeness (QED) is 0.0709. The Hall–Kier alpha value is -6.95. The van der Waals surface area contributed by atoms with Crippen LogP contribution in [0.25, 0.3) is 34.2 Å². The number of aryl methyl sites for hydroxylation is 3. The molecule has 0 aliphatic heterocycles. The van der Waals surface area contributed by atoms with Crippen LogP contribution in [0.1, 0.15) is 55.3 Å². The topological polar surface area (TPSA) is 145 Å². The van der Waals surface area contributed by atoms with Gasteiger partial charge in [0.05, 0.1) is 39.4 Å². The number of hydrogen-bond donors (Lipinski definition) is 2. The van der Waals surface area contributed by atoms with Crippen LogP contribution >= 0.6 is 11.8 Å². The minimum Gasteiger partial charge on any atom is -0.444 e. The Bertz CT molecular complexity index is 2690. The first-order valence-electron chi connectivity index (χ1n) is 23.5. The predicted molar refractivity (Wildman–Crippen MR) is 283 cm³/mol. The molecular weight excluding hydrogens is 990 g/mol. The van der Waals surface area contributed by atoms with Gasteiger partial charge in [0.1, 0.15) is 5.60 Å². The molecule has 8 aromatic rings. The molecule has 0 fully saturated rings. The van der Waals surface area contributed by atoms with Gasteiger partial charge in [-0.1, -0.05) is 97.1 Å². The molecule has 2 amide bonds. The van der Waals surface area contributed by atoms with E-state index in [2.05, 4.69) is 40.5 Å². The monoisotopic (exact) mass is 1050 g/mol. The van der Waals surface area contributed by atoms with Crippen molar-refractivity contribution in [1.82, 2.24) is 40.5 Å². The first kappa shape index (κ1) is 55.0. The zero-order chi connectivity index (χ0) is 49.4. The summed E-state index contributed by atoms with van der Waals surface area (Å²) in [6.07, 6.45) is 9.69. The largest absolute Gasteiger partial charge is 0.444 e. The number of alkyl carbamates (subject to hydrolysis) is 1. The Morgan fingerprint density at radius 2 is 1.06 bits per heavy atom. The Balaban J connectivity index is 0.000000232. The van der Waals surface area contributed by atoms with Gasteiger partial charge in [-0.15, -0.1) is 11.8 Å². The van der Waals surface area contributed by atoms with Crippen LogP contribution in [0.15, 0.2) is 189 Å². The molecule has 2 atom stereocenters. The number of ether oxygens (including phenoxy) is 1. The second-order valence-corrected chi connectivity index (χ2v) is 18.7. The summed E-state index contributed by atoms with van der Waals surface area (Å²) in [7, 11) is 0. The van der Waals surface area contributed by atoms with E-state index in [0.29, 0.717) is 25.1 Å². The maximum atomic E-state index is 13.3. The van der Waals surface area contributed by atoms with Crippen molar-refractivity contribution in [3.05, 3.63) is 217 Å². The number of thioether (sulfide) groups is 1. The molecule has 2 aromatic carbocycles. The Morgan fingerprint density at radius 3 is 1.55 bits per heavy atom. The van der Waals surface area contributed by atoms with Crippen LogP contribution in [0.2, 0.25) is 0 Å². The van der Waals surface area contributed by atoms with E-state index in [4.69, 9.17) is 4.74 Å². The fraction of sp³-hybridized carbons (Fsp3) is 0.241. The van der Waals surface area contributed by atoms with E-state index in [9.17, 15) is 9.59 Å². The molecule has 0 bridgehead atoms. The van der Waals surface area contributed by atoms with Crippen molar-refractivity contribution in [1.29, 1.82) is 0 Å². The van der Waals surface area contributed by atoms with E-state index < -0.39 is 11.7 Å². The average molecular weight is 1050 g/mol. The van der Waals surface area contributed by atoms with E-state index in [1.54, 1.807) is 30.4 Å². The van der Waals surface area contributed by atoms with Crippen LogP contribution in [0.5, 0.6) is 0 Å². The maximum Gasteiger partial charge on any atom is 0.407 e. The minimum absolute atomic E-state index is 0. The molecule has 2 N–H and O–H groups in total. The number of amides is 2. The summed E-state index contributed by atoms with van der Waals surface area (Å²) in [5, 5.41) is 5.87. The number of aromatic nitrogens is 6. The van der Waals surface area contributed by atoms with Gasteiger partial charge in [-0.05, 0) is 144 Å². The zero-order valence-electron chi connectivity index (χ0n) is 41.0. The molecular formula is C58H62N8O3RuS. The third-order valence-corrected chi connectivity index (χ3v) is 11.8. The van der Waals surface area contributed by atoms with Crippen molar-refractivity contribution in [2.24, 2.45) is 0 Å². The number of benzene rings is 2. The van der Waals surface area contributed by atoms with E-state index in [1.165, 1.54) is 0 Å². The molecule has 0 saturated carbocycles. The minimum atomic E-state index is -0.583. The molecule has 0 radical (unpaired) electrons. The number of rotatable bonds is 16. The summed E-state index contributed by atoms with van der Waals surface area (Å²) < 4.78 is 5.51. The summed E-state index contributed by atoms with van der Waals surface area (Å²) in [5.41, 5.74) is 10.2. The van der Waals surface area contributed by atoms with Gasteiger partial charge in [0.25, 0.3) is 0 Å². The third-order valence-electron chi connectivity index (χ3n) is 10.4. The van der Waals surface area contributed by atoms with E-state index in [-0.39, 0.29) is 36.7 Å². The maximum absolute atomic E-state index is 13.3. The van der Waals surface area contributed by atoms with Crippen LogP contribution in [-0.4, -0.2) is 71.1 Å². The molecule has 6 aromatic heterocycles. The normalized spacial score (nSPS) is 11.5. The summed E-state index contributed by atoms with van der Waals surface area (Å²) in [5.74, 6) is 0.593. The van der Waals surface area contributed by atoms with Crippen LogP contribution in [0.4, 0.5) is 4.79 Å². The van der Waals surface area contributed by atoms with Crippen LogP contribution in [0, 0.1) is 13.8 Å². The van der Waals surface area contributed by atoms with Crippen molar-refractivity contribution in [2.75, 3.05) is 12.3 Å². The van der Waals surface area contributed by atoms with Gasteiger partial charge in [-0.2, -0.15) is 0 Å². The van der Waals surface area contributed by atoms with Gasteiger partial charge in [0.2, 0.25) is 5.91 Å². The van der Waals surface area contributed by atoms with Crippen molar-refractivity contribution in [3.63, 3.8) is 0 Å².